The minimum atomic E-state index is -1.84. The van der Waals surface area contributed by atoms with Crippen molar-refractivity contribution in [2.75, 3.05) is 13.7 Å². The molecule has 9 N–H and O–H groups in total. The predicted molar refractivity (Wildman–Crippen MR) is 230 cm³/mol. The highest BCUT2D eigenvalue weighted by Crippen LogP contribution is 2.23. The maximum Gasteiger partial charge on any atom is 0.331 e. The van der Waals surface area contributed by atoms with Gasteiger partial charge in [0.05, 0.1) is 12.7 Å². The average molecular weight is 911 g/mol. The van der Waals surface area contributed by atoms with Crippen LogP contribution >= 0.6 is 11.8 Å². The van der Waals surface area contributed by atoms with E-state index in [4.69, 9.17) is 16.5 Å². The number of carbonyl (C=O) groups is 8. The molecule has 21 heteroatoms. The lowest BCUT2D eigenvalue weighted by molar-refractivity contribution is -0.157. The fraction of sp³-hybridized carbons (Fsp3) is 0.442. The van der Waals surface area contributed by atoms with Gasteiger partial charge in [-0.2, -0.15) is 0 Å². The van der Waals surface area contributed by atoms with Gasteiger partial charge in [-0.25, -0.2) is 4.79 Å². The first-order valence-electron chi connectivity index (χ1n) is 20.5. The number of aliphatic hydroxyl groups is 2. The van der Waals surface area contributed by atoms with Crippen molar-refractivity contribution in [2.45, 2.75) is 102 Å². The number of halogens is 1. The van der Waals surface area contributed by atoms with Gasteiger partial charge in [-0.15, -0.1) is 0 Å². The molecule has 3 aromatic rings. The van der Waals surface area contributed by atoms with E-state index in [1.807, 2.05) is 0 Å². The largest absolute Gasteiger partial charge is 0.508 e. The van der Waals surface area contributed by atoms with Crippen molar-refractivity contribution in [3.05, 3.63) is 89.7 Å². The van der Waals surface area contributed by atoms with Gasteiger partial charge in [-0.1, -0.05) is 62.7 Å². The van der Waals surface area contributed by atoms with Gasteiger partial charge in [-0.05, 0) is 62.1 Å². The summed E-state index contributed by atoms with van der Waals surface area (Å²) in [6, 6.07) is 5.65. The van der Waals surface area contributed by atoms with Crippen LogP contribution in [0.25, 0.3) is 0 Å². The molecule has 7 amide bonds. The maximum atomic E-state index is 14.7. The van der Waals surface area contributed by atoms with Crippen LogP contribution in [-0.4, -0.2) is 134 Å². The van der Waals surface area contributed by atoms with Crippen LogP contribution in [0.15, 0.2) is 72.9 Å². The van der Waals surface area contributed by atoms with Crippen LogP contribution in [0.4, 0.5) is 0 Å². The summed E-state index contributed by atoms with van der Waals surface area (Å²) in [5.41, 5.74) is 0.748. The zero-order valence-corrected chi connectivity index (χ0v) is 36.9. The molecule has 1 aliphatic heterocycles. The highest BCUT2D eigenvalue weighted by atomic mass is 35.5. The quantitative estimate of drug-likeness (QED) is 0.111. The van der Waals surface area contributed by atoms with Gasteiger partial charge >= 0.3 is 5.97 Å². The van der Waals surface area contributed by atoms with Gasteiger partial charge in [0.15, 0.2) is 6.04 Å². The SMILES string of the molecule is CCC(C)C1NC(=O)C(NC(=O)C(C)NC(=O)c2cccn2Cl)C(C)OC(=O)C(CO)NC(=O)C(C(C)O)NC(=O)C(Cc2ccccc2)N(C)C(=O)C(c2ccc(O)cc2)NC1=O. The Morgan fingerprint density at radius 2 is 1.47 bits per heavy atom. The molecular weight excluding hydrogens is 856 g/mol. The standard InChI is InChI=1S/C43H55ClN8O12/c1-7-22(2)32-39(59)50-35(27-15-17-28(55)18-16-27)42(62)51(6)31(20-26-12-9-8-10-13-26)38(58)48-33(24(4)54)40(60)46-29(21-53)43(63)64-25(5)34(41(61)47-32)49-36(56)23(3)45-37(57)30-14-11-19-52(30)44/h8-19,22-25,29,31-35,53-55H,7,20-21H2,1-6H3,(H,45,57)(H,46,60)(H,47,61)(H,48,58)(H,49,56)(H,50,59). The summed E-state index contributed by atoms with van der Waals surface area (Å²) < 4.78 is 6.53. The Balaban J connectivity index is 1.82. The van der Waals surface area contributed by atoms with Crippen molar-refractivity contribution in [3.8, 4) is 5.75 Å². The lowest BCUT2D eigenvalue weighted by Gasteiger charge is -2.34. The predicted octanol–water partition coefficient (Wildman–Crippen LogP) is -0.455. The molecule has 0 saturated carbocycles. The van der Waals surface area contributed by atoms with Gasteiger partial charge in [0.25, 0.3) is 5.91 Å². The number of hydrogen-bond acceptors (Lipinski definition) is 12. The van der Waals surface area contributed by atoms with E-state index in [-0.39, 0.29) is 23.4 Å². The van der Waals surface area contributed by atoms with Crippen molar-refractivity contribution in [1.82, 2.24) is 40.9 Å². The number of aromatic hydroxyl groups is 1. The number of phenols is 1. The Hall–Kier alpha value is -6.51. The number of amides is 7. The van der Waals surface area contributed by atoms with E-state index in [0.717, 1.165) is 8.99 Å². The van der Waals surface area contributed by atoms with Gasteiger partial charge in [0, 0.05) is 31.4 Å². The van der Waals surface area contributed by atoms with Crippen molar-refractivity contribution in [1.29, 1.82) is 0 Å². The second-order valence-electron chi connectivity index (χ2n) is 15.6. The number of esters is 1. The number of cyclic esters (lactones) is 1. The van der Waals surface area contributed by atoms with Crippen LogP contribution in [0.1, 0.15) is 68.7 Å². The first kappa shape index (κ1) is 50.1. The third-order valence-electron chi connectivity index (χ3n) is 10.8. The number of benzene rings is 2. The third-order valence-corrected chi connectivity index (χ3v) is 11.1. The van der Waals surface area contributed by atoms with Gasteiger partial charge in [-0.3, -0.25) is 37.6 Å². The Kier molecular flexibility index (Phi) is 17.8. The van der Waals surface area contributed by atoms with Crippen molar-refractivity contribution in [2.24, 2.45) is 5.92 Å². The molecule has 1 aliphatic rings. The number of aliphatic hydroxyl groups excluding tert-OH is 2. The second kappa shape index (κ2) is 22.7. The zero-order valence-electron chi connectivity index (χ0n) is 36.1. The monoisotopic (exact) mass is 910 g/mol. The Morgan fingerprint density at radius 3 is 2.05 bits per heavy atom. The molecule has 2 aromatic carbocycles. The highest BCUT2D eigenvalue weighted by molar-refractivity contribution is 6.18. The minimum Gasteiger partial charge on any atom is -0.508 e. The van der Waals surface area contributed by atoms with Crippen LogP contribution in [-0.2, 0) is 44.7 Å². The summed E-state index contributed by atoms with van der Waals surface area (Å²) in [6.07, 6.45) is -1.64. The van der Waals surface area contributed by atoms with E-state index in [1.54, 1.807) is 44.2 Å². The van der Waals surface area contributed by atoms with E-state index >= 15 is 0 Å². The molecule has 4 rings (SSSR count). The summed E-state index contributed by atoms with van der Waals surface area (Å²) in [6.45, 7) is 6.01. The number of nitrogens with zero attached hydrogens (tertiary/aromatic N) is 2. The van der Waals surface area contributed by atoms with Crippen molar-refractivity contribution in [3.63, 3.8) is 0 Å². The topological polar surface area (TPSA) is 287 Å². The van der Waals surface area contributed by atoms with Gasteiger partial charge < -0.3 is 56.9 Å². The molecule has 0 spiro atoms. The molecule has 2 heterocycles. The number of nitrogens with one attached hydrogen (secondary N) is 6. The molecule has 10 atom stereocenters. The summed E-state index contributed by atoms with van der Waals surface area (Å²) in [5.74, 6) is -8.62. The van der Waals surface area contributed by atoms with Crippen LogP contribution < -0.4 is 31.9 Å². The summed E-state index contributed by atoms with van der Waals surface area (Å²) >= 11 is 6.00. The molecular formula is C43H55ClN8O12. The van der Waals surface area contributed by atoms with E-state index in [2.05, 4.69) is 31.9 Å². The van der Waals surface area contributed by atoms with Crippen LogP contribution in [0.5, 0.6) is 5.75 Å². The summed E-state index contributed by atoms with van der Waals surface area (Å²) in [4.78, 5) is 113. The van der Waals surface area contributed by atoms with E-state index in [0.29, 0.717) is 12.0 Å². The van der Waals surface area contributed by atoms with E-state index < -0.39 is 114 Å². The van der Waals surface area contributed by atoms with Gasteiger partial charge in [0.2, 0.25) is 35.4 Å². The van der Waals surface area contributed by atoms with E-state index in [9.17, 15) is 53.7 Å². The number of phenolic OH excluding ortho intramolecular Hbond substituents is 1. The number of likely N-dealkylation sites (N-methyl/N-ethyl adjacent to an activating group) is 1. The number of ether oxygens (including phenoxy) is 1. The molecule has 0 bridgehead atoms. The smallest absolute Gasteiger partial charge is 0.331 e. The first-order chi connectivity index (χ1) is 30.3. The van der Waals surface area contributed by atoms with E-state index in [1.165, 1.54) is 70.4 Å². The molecule has 10 unspecified atom stereocenters. The molecule has 1 aromatic heterocycles. The fourth-order valence-electron chi connectivity index (χ4n) is 6.70. The second-order valence-corrected chi connectivity index (χ2v) is 15.9. The van der Waals surface area contributed by atoms with Crippen LogP contribution in [0, 0.1) is 5.92 Å². The van der Waals surface area contributed by atoms with Crippen LogP contribution in [0.2, 0.25) is 0 Å². The van der Waals surface area contributed by atoms with Crippen molar-refractivity contribution >= 4 is 59.1 Å². The highest BCUT2D eigenvalue weighted by Gasteiger charge is 2.41. The first-order valence-corrected chi connectivity index (χ1v) is 20.9. The lowest BCUT2D eigenvalue weighted by Crippen LogP contribution is -2.61. The fourth-order valence-corrected chi connectivity index (χ4v) is 6.90. The summed E-state index contributed by atoms with van der Waals surface area (Å²) in [5, 5.41) is 46.0. The minimum absolute atomic E-state index is 0.00725. The molecule has 346 valence electrons. The Morgan fingerprint density at radius 1 is 0.844 bits per heavy atom. The molecule has 1 fully saturated rings. The number of rotatable bonds is 11. The number of hydrogen-bond donors (Lipinski definition) is 9. The third kappa shape index (κ3) is 12.8. The molecule has 20 nitrogen and oxygen atoms in total. The molecule has 1 saturated heterocycles. The molecule has 0 aliphatic carbocycles. The normalized spacial score (nSPS) is 24.5. The maximum absolute atomic E-state index is 14.7. The molecule has 0 radical (unpaired) electrons. The number of aromatic nitrogens is 1. The van der Waals surface area contributed by atoms with Crippen LogP contribution in [0.3, 0.4) is 0 Å². The Labute approximate surface area is 374 Å². The number of carbonyl (C=O) groups excluding carboxylic acids is 8. The lowest BCUT2D eigenvalue weighted by atomic mass is 9.96. The molecule has 64 heavy (non-hydrogen) atoms. The zero-order chi connectivity index (χ0) is 47.4. The van der Waals surface area contributed by atoms with Gasteiger partial charge in [0.1, 0.15) is 53.8 Å². The average Bonchev–Trinajstić information content (AvgIpc) is 3.71. The Bertz CT molecular complexity index is 2150. The van der Waals surface area contributed by atoms with Crippen molar-refractivity contribution < 1.29 is 58.4 Å². The summed E-state index contributed by atoms with van der Waals surface area (Å²) in [7, 11) is 1.30.